The molecule has 0 radical (unpaired) electrons. The van der Waals surface area contributed by atoms with Crippen molar-refractivity contribution < 1.29 is 4.74 Å². The van der Waals surface area contributed by atoms with Crippen LogP contribution in [0, 0.1) is 0 Å². The number of anilines is 3. The molecule has 1 spiro atoms. The zero-order valence-corrected chi connectivity index (χ0v) is 35.4. The van der Waals surface area contributed by atoms with Crippen molar-refractivity contribution in [3.05, 3.63) is 259 Å². The van der Waals surface area contributed by atoms with E-state index in [2.05, 4.69) is 241 Å². The molecule has 0 saturated heterocycles. The van der Waals surface area contributed by atoms with Crippen LogP contribution in [0.2, 0.25) is 0 Å². The van der Waals surface area contributed by atoms with Crippen LogP contribution in [0.5, 0.6) is 11.5 Å². The van der Waals surface area contributed by atoms with E-state index in [4.69, 9.17) is 4.74 Å². The molecule has 1 atom stereocenters. The Morgan fingerprint density at radius 1 is 0.308 bits per heavy atom. The average molecular weight is 826 g/mol. The third-order valence-electron chi connectivity index (χ3n) is 14.3. The highest BCUT2D eigenvalue weighted by Crippen LogP contribution is 2.65. The molecule has 0 aromatic heterocycles. The Hall–Kier alpha value is -8.46. The Kier molecular flexibility index (Phi) is 7.64. The smallest absolute Gasteiger partial charge is 0.159 e. The standard InChI is InChI=1S/C63H39NO/c1-2-19-40(20-3-1)64(58-35-18-32-52-46-25-6-5-22-43(46)49-28-14-17-36-59(49)65-62(52)58)41-37-38-57-54(39-41)47-26-7-4-21-42(47)48-27-12-15-33-55(48)63(57)56-34-16-13-31-53(56)60-50-29-10-8-23-44(50)45-24-9-11-30-51(45)61(60)63/h1-39H. The molecule has 0 amide bonds. The molecular weight excluding hydrogens is 787 g/mol. The minimum absolute atomic E-state index is 0.656. The molecule has 0 fully saturated rings. The van der Waals surface area contributed by atoms with Gasteiger partial charge in [-0.1, -0.05) is 200 Å². The van der Waals surface area contributed by atoms with Gasteiger partial charge in [-0.05, 0) is 125 Å². The highest BCUT2D eigenvalue weighted by atomic mass is 16.5. The molecular formula is C63H39NO. The second kappa shape index (κ2) is 13.8. The fourth-order valence-corrected chi connectivity index (χ4v) is 11.8. The maximum absolute atomic E-state index is 7.16. The fourth-order valence-electron chi connectivity index (χ4n) is 11.8. The molecule has 3 aliphatic rings. The zero-order chi connectivity index (χ0) is 42.6. The maximum atomic E-state index is 7.16. The van der Waals surface area contributed by atoms with Gasteiger partial charge in [0.15, 0.2) is 5.75 Å². The summed E-state index contributed by atoms with van der Waals surface area (Å²) in [6, 6.07) is 87.2. The number of para-hydroxylation sites is 3. The van der Waals surface area contributed by atoms with E-state index in [0.29, 0.717) is 0 Å². The van der Waals surface area contributed by atoms with Crippen molar-refractivity contribution in [3.8, 4) is 67.1 Å². The van der Waals surface area contributed by atoms with E-state index in [1.54, 1.807) is 0 Å². The summed E-state index contributed by atoms with van der Waals surface area (Å²) >= 11 is 0. The number of benzene rings is 11. The lowest BCUT2D eigenvalue weighted by molar-refractivity contribution is 0.489. The molecule has 0 N–H and O–H groups in total. The van der Waals surface area contributed by atoms with Crippen LogP contribution in [-0.4, -0.2) is 0 Å². The van der Waals surface area contributed by atoms with Gasteiger partial charge in [0.25, 0.3) is 0 Å². The van der Waals surface area contributed by atoms with Crippen LogP contribution in [0.4, 0.5) is 17.1 Å². The molecule has 14 rings (SSSR count). The van der Waals surface area contributed by atoms with E-state index in [1.807, 2.05) is 0 Å². The quantitative estimate of drug-likeness (QED) is 0.165. The van der Waals surface area contributed by atoms with Crippen molar-refractivity contribution in [1.82, 2.24) is 0 Å². The third kappa shape index (κ3) is 4.94. The van der Waals surface area contributed by atoms with Gasteiger partial charge in [0.1, 0.15) is 5.75 Å². The van der Waals surface area contributed by atoms with Gasteiger partial charge in [-0.3, -0.25) is 0 Å². The fraction of sp³-hybridized carbons (Fsp3) is 0.0159. The molecule has 11 aromatic carbocycles. The first kappa shape index (κ1) is 36.1. The Morgan fingerprint density at radius 2 is 0.800 bits per heavy atom. The van der Waals surface area contributed by atoms with E-state index in [9.17, 15) is 0 Å². The van der Waals surface area contributed by atoms with Crippen LogP contribution in [-0.2, 0) is 5.41 Å². The monoisotopic (exact) mass is 825 g/mol. The number of ether oxygens (including phenoxy) is 1. The van der Waals surface area contributed by atoms with Gasteiger partial charge in [0.05, 0.1) is 11.1 Å². The summed E-state index contributed by atoms with van der Waals surface area (Å²) < 4.78 is 7.16. The van der Waals surface area contributed by atoms with Crippen molar-refractivity contribution in [3.63, 3.8) is 0 Å². The minimum atomic E-state index is -0.656. The number of hydrogen-bond acceptors (Lipinski definition) is 2. The van der Waals surface area contributed by atoms with Gasteiger partial charge in [-0.15, -0.1) is 0 Å². The van der Waals surface area contributed by atoms with Crippen molar-refractivity contribution in [2.45, 2.75) is 5.41 Å². The van der Waals surface area contributed by atoms with Crippen LogP contribution in [0.3, 0.4) is 0 Å². The lowest BCUT2D eigenvalue weighted by Crippen LogP contribution is -2.29. The summed E-state index contributed by atoms with van der Waals surface area (Å²) in [5.74, 6) is 1.66. The molecule has 302 valence electrons. The second-order valence-electron chi connectivity index (χ2n) is 17.4. The third-order valence-corrected chi connectivity index (χ3v) is 14.3. The van der Waals surface area contributed by atoms with Crippen molar-refractivity contribution in [2.75, 3.05) is 4.90 Å². The van der Waals surface area contributed by atoms with E-state index in [1.165, 1.54) is 77.2 Å². The summed E-state index contributed by atoms with van der Waals surface area (Å²) in [6.07, 6.45) is 0. The first-order valence-electron chi connectivity index (χ1n) is 22.5. The molecule has 11 aromatic rings. The number of fused-ring (bicyclic) bond motifs is 22. The SMILES string of the molecule is c1ccc(N(c2ccc3c(c2)-c2ccccc2-c2ccccc2C32c3ccccc3-c3c2c2ccccc2c2ccccc32)c2cccc3c2Oc2ccccc2-c2ccccc2-3)cc1. The number of nitrogens with zero attached hydrogens (tertiary/aromatic N) is 1. The molecule has 65 heavy (non-hydrogen) atoms. The van der Waals surface area contributed by atoms with Crippen molar-refractivity contribution in [1.29, 1.82) is 0 Å². The molecule has 1 unspecified atom stereocenters. The molecule has 0 saturated carbocycles. The van der Waals surface area contributed by atoms with Gasteiger partial charge in [-0.25, -0.2) is 0 Å². The Morgan fingerprint density at radius 3 is 1.54 bits per heavy atom. The minimum Gasteiger partial charge on any atom is -0.454 e. The lowest BCUT2D eigenvalue weighted by Gasteiger charge is -2.37. The normalized spacial score (nSPS) is 14.6. The summed E-state index contributed by atoms with van der Waals surface area (Å²) in [6.45, 7) is 0. The maximum Gasteiger partial charge on any atom is 0.159 e. The molecule has 0 bridgehead atoms. The van der Waals surface area contributed by atoms with Crippen LogP contribution in [0.1, 0.15) is 22.3 Å². The van der Waals surface area contributed by atoms with Gasteiger partial charge < -0.3 is 9.64 Å². The van der Waals surface area contributed by atoms with E-state index in [-0.39, 0.29) is 0 Å². The van der Waals surface area contributed by atoms with E-state index >= 15 is 0 Å². The van der Waals surface area contributed by atoms with Crippen molar-refractivity contribution >= 4 is 38.6 Å². The topological polar surface area (TPSA) is 12.5 Å². The van der Waals surface area contributed by atoms with Gasteiger partial charge in [0, 0.05) is 22.5 Å². The summed E-state index contributed by atoms with van der Waals surface area (Å²) in [4.78, 5) is 2.39. The van der Waals surface area contributed by atoms with E-state index < -0.39 is 5.41 Å². The molecule has 2 nitrogen and oxygen atoms in total. The molecule has 2 aliphatic carbocycles. The highest BCUT2D eigenvalue weighted by Gasteiger charge is 2.51. The molecule has 1 aliphatic heterocycles. The Bertz CT molecular complexity index is 3770. The predicted molar refractivity (Wildman–Crippen MR) is 269 cm³/mol. The van der Waals surface area contributed by atoms with Crippen LogP contribution in [0.25, 0.3) is 77.2 Å². The van der Waals surface area contributed by atoms with Crippen LogP contribution in [0.15, 0.2) is 237 Å². The second-order valence-corrected chi connectivity index (χ2v) is 17.4. The highest BCUT2D eigenvalue weighted by molar-refractivity contribution is 6.20. The largest absolute Gasteiger partial charge is 0.454 e. The Balaban J connectivity index is 1.11. The average Bonchev–Trinajstić information content (AvgIpc) is 3.54. The Labute approximate surface area is 377 Å². The predicted octanol–water partition coefficient (Wildman–Crippen LogP) is 16.9. The van der Waals surface area contributed by atoms with Gasteiger partial charge in [-0.2, -0.15) is 0 Å². The summed E-state index contributed by atoms with van der Waals surface area (Å²) in [5, 5.41) is 5.12. The van der Waals surface area contributed by atoms with Gasteiger partial charge in [0.2, 0.25) is 0 Å². The number of hydrogen-bond donors (Lipinski definition) is 0. The molecule has 1 heterocycles. The lowest BCUT2D eigenvalue weighted by atomic mass is 9.64. The van der Waals surface area contributed by atoms with Crippen LogP contribution < -0.4 is 9.64 Å². The van der Waals surface area contributed by atoms with Gasteiger partial charge >= 0.3 is 0 Å². The zero-order valence-electron chi connectivity index (χ0n) is 35.4. The first-order chi connectivity index (χ1) is 32.3. The summed E-state index contributed by atoms with van der Waals surface area (Å²) in [7, 11) is 0. The van der Waals surface area contributed by atoms with Crippen molar-refractivity contribution in [2.24, 2.45) is 0 Å². The van der Waals surface area contributed by atoms with E-state index in [0.717, 1.165) is 50.8 Å². The number of rotatable bonds is 3. The van der Waals surface area contributed by atoms with Crippen LogP contribution >= 0.6 is 0 Å². The molecule has 2 heteroatoms. The first-order valence-corrected chi connectivity index (χ1v) is 22.5. The summed E-state index contributed by atoms with van der Waals surface area (Å²) in [5.41, 5.74) is 19.6.